The summed E-state index contributed by atoms with van der Waals surface area (Å²) < 4.78 is 7.32. The number of aryl methyl sites for hydroxylation is 2. The lowest BCUT2D eigenvalue weighted by molar-refractivity contribution is 0.0934. The molecule has 22 heavy (non-hydrogen) atoms. The molecule has 1 aliphatic heterocycles. The van der Waals surface area contributed by atoms with E-state index in [1.165, 1.54) is 0 Å². The van der Waals surface area contributed by atoms with Gasteiger partial charge in [-0.1, -0.05) is 0 Å². The monoisotopic (exact) mass is 300 g/mol. The Hall–Kier alpha value is -2.37. The summed E-state index contributed by atoms with van der Waals surface area (Å²) in [5, 5.41) is 7.19. The lowest BCUT2D eigenvalue weighted by Crippen LogP contribution is -2.28. The van der Waals surface area contributed by atoms with Crippen molar-refractivity contribution < 1.29 is 9.53 Å². The lowest BCUT2D eigenvalue weighted by atomic mass is 10.1. The van der Waals surface area contributed by atoms with Gasteiger partial charge in [-0.15, -0.1) is 0 Å². The molecule has 1 aliphatic rings. The van der Waals surface area contributed by atoms with Crippen LogP contribution >= 0.6 is 0 Å². The molecule has 0 aromatic carbocycles. The van der Waals surface area contributed by atoms with E-state index in [-0.39, 0.29) is 11.9 Å². The van der Waals surface area contributed by atoms with Crippen molar-refractivity contribution in [2.45, 2.75) is 32.7 Å². The van der Waals surface area contributed by atoms with Gasteiger partial charge in [0.25, 0.3) is 5.91 Å². The Morgan fingerprint density at radius 2 is 2.27 bits per heavy atom. The van der Waals surface area contributed by atoms with Crippen molar-refractivity contribution >= 4 is 5.91 Å². The van der Waals surface area contributed by atoms with Gasteiger partial charge in [0.05, 0.1) is 25.0 Å². The van der Waals surface area contributed by atoms with E-state index >= 15 is 0 Å². The number of pyridine rings is 1. The second kappa shape index (κ2) is 5.79. The largest absolute Gasteiger partial charge is 0.492 e. The molecular formula is C16H20N4O2. The van der Waals surface area contributed by atoms with Crippen molar-refractivity contribution in [1.82, 2.24) is 20.1 Å². The molecule has 116 valence electrons. The van der Waals surface area contributed by atoms with Gasteiger partial charge in [0, 0.05) is 18.3 Å². The quantitative estimate of drug-likeness (QED) is 0.940. The molecule has 1 amide bonds. The van der Waals surface area contributed by atoms with Crippen LogP contribution in [0.2, 0.25) is 0 Å². The van der Waals surface area contributed by atoms with Crippen LogP contribution in [-0.2, 0) is 13.5 Å². The number of nitrogens with one attached hydrogen (secondary N) is 1. The molecule has 0 spiro atoms. The van der Waals surface area contributed by atoms with Gasteiger partial charge in [-0.25, -0.2) is 4.98 Å². The number of nitrogens with zero attached hydrogens (tertiary/aromatic N) is 3. The van der Waals surface area contributed by atoms with Gasteiger partial charge in [-0.3, -0.25) is 9.48 Å². The summed E-state index contributed by atoms with van der Waals surface area (Å²) >= 11 is 0. The topological polar surface area (TPSA) is 69.0 Å². The summed E-state index contributed by atoms with van der Waals surface area (Å²) in [6.45, 7) is 4.65. The maximum absolute atomic E-state index is 12.4. The van der Waals surface area contributed by atoms with E-state index in [2.05, 4.69) is 15.4 Å². The Bertz CT molecular complexity index is 708. The summed E-state index contributed by atoms with van der Waals surface area (Å²) in [6.07, 6.45) is 5.33. The van der Waals surface area contributed by atoms with E-state index in [0.29, 0.717) is 5.69 Å². The second-order valence-electron chi connectivity index (χ2n) is 5.63. The van der Waals surface area contributed by atoms with Crippen LogP contribution in [-0.4, -0.2) is 27.3 Å². The van der Waals surface area contributed by atoms with Crippen molar-refractivity contribution in [1.29, 1.82) is 0 Å². The molecule has 1 N–H and O–H groups in total. The Morgan fingerprint density at radius 3 is 3.00 bits per heavy atom. The first-order valence-electron chi connectivity index (χ1n) is 7.47. The van der Waals surface area contributed by atoms with Crippen LogP contribution in [0.1, 0.15) is 46.7 Å². The molecule has 0 saturated heterocycles. The zero-order valence-electron chi connectivity index (χ0n) is 13.1. The maximum Gasteiger partial charge on any atom is 0.270 e. The molecule has 1 unspecified atom stereocenters. The Balaban J connectivity index is 1.75. The summed E-state index contributed by atoms with van der Waals surface area (Å²) in [7, 11) is 1.89. The number of carbonyl (C=O) groups excluding carboxylic acids is 1. The SMILES string of the molecule is Cc1c(C(C)NC(=O)c2cc3c(cn2)OCCC3)cnn1C. The van der Waals surface area contributed by atoms with Crippen LogP contribution in [0, 0.1) is 6.92 Å². The Labute approximate surface area is 129 Å². The van der Waals surface area contributed by atoms with Crippen LogP contribution in [0.3, 0.4) is 0 Å². The first-order chi connectivity index (χ1) is 10.6. The third-order valence-corrected chi connectivity index (χ3v) is 4.12. The third-order valence-electron chi connectivity index (χ3n) is 4.12. The fourth-order valence-electron chi connectivity index (χ4n) is 2.67. The minimum Gasteiger partial charge on any atom is -0.492 e. The van der Waals surface area contributed by atoms with E-state index in [9.17, 15) is 4.79 Å². The van der Waals surface area contributed by atoms with Gasteiger partial charge in [0.15, 0.2) is 0 Å². The summed E-state index contributed by atoms with van der Waals surface area (Å²) in [6, 6.07) is 1.71. The van der Waals surface area contributed by atoms with Crippen molar-refractivity contribution in [2.75, 3.05) is 6.61 Å². The molecule has 3 rings (SSSR count). The third kappa shape index (κ3) is 2.68. The number of fused-ring (bicyclic) bond motifs is 1. The van der Waals surface area contributed by atoms with Crippen molar-refractivity contribution in [3.8, 4) is 5.75 Å². The van der Waals surface area contributed by atoms with Crippen LogP contribution in [0.5, 0.6) is 5.75 Å². The molecular weight excluding hydrogens is 280 g/mol. The van der Waals surface area contributed by atoms with Crippen LogP contribution < -0.4 is 10.1 Å². The number of ether oxygens (including phenoxy) is 1. The number of hydrogen-bond donors (Lipinski definition) is 1. The maximum atomic E-state index is 12.4. The van der Waals surface area contributed by atoms with Gasteiger partial charge in [0.1, 0.15) is 11.4 Å². The fourth-order valence-corrected chi connectivity index (χ4v) is 2.67. The second-order valence-corrected chi connectivity index (χ2v) is 5.63. The first kappa shape index (κ1) is 14.6. The molecule has 3 heterocycles. The van der Waals surface area contributed by atoms with Crippen LogP contribution in [0.4, 0.5) is 0 Å². The number of rotatable bonds is 3. The molecule has 2 aromatic rings. The van der Waals surface area contributed by atoms with Crippen molar-refractivity contribution in [3.05, 3.63) is 41.0 Å². The lowest BCUT2D eigenvalue weighted by Gasteiger charge is -2.18. The average Bonchev–Trinajstić information content (AvgIpc) is 2.86. The van der Waals surface area contributed by atoms with Crippen LogP contribution in [0.15, 0.2) is 18.5 Å². The van der Waals surface area contributed by atoms with Gasteiger partial charge < -0.3 is 10.1 Å². The predicted octanol–water partition coefficient (Wildman–Crippen LogP) is 1.94. The molecule has 0 radical (unpaired) electrons. The van der Waals surface area contributed by atoms with Crippen molar-refractivity contribution in [2.24, 2.45) is 7.05 Å². The average molecular weight is 300 g/mol. The highest BCUT2D eigenvalue weighted by molar-refractivity contribution is 5.92. The number of hydrogen-bond acceptors (Lipinski definition) is 4. The zero-order valence-corrected chi connectivity index (χ0v) is 13.1. The van der Waals surface area contributed by atoms with E-state index in [4.69, 9.17) is 4.74 Å². The van der Waals surface area contributed by atoms with E-state index in [0.717, 1.165) is 42.0 Å². The number of carbonyl (C=O) groups is 1. The van der Waals surface area contributed by atoms with Gasteiger partial charge >= 0.3 is 0 Å². The Kier molecular flexibility index (Phi) is 3.83. The minimum atomic E-state index is -0.177. The molecule has 0 bridgehead atoms. The summed E-state index contributed by atoms with van der Waals surface area (Å²) in [4.78, 5) is 16.6. The summed E-state index contributed by atoms with van der Waals surface area (Å²) in [5.41, 5.74) is 3.53. The molecule has 0 aliphatic carbocycles. The highest BCUT2D eigenvalue weighted by Gasteiger charge is 2.18. The van der Waals surface area contributed by atoms with E-state index in [1.807, 2.05) is 27.0 Å². The van der Waals surface area contributed by atoms with Gasteiger partial charge in [-0.05, 0) is 38.3 Å². The molecule has 0 fully saturated rings. The number of aromatic nitrogens is 3. The highest BCUT2D eigenvalue weighted by Crippen LogP contribution is 2.24. The number of amides is 1. The van der Waals surface area contributed by atoms with Crippen molar-refractivity contribution in [3.63, 3.8) is 0 Å². The summed E-state index contributed by atoms with van der Waals surface area (Å²) in [5.74, 6) is 0.614. The van der Waals surface area contributed by atoms with E-state index in [1.54, 1.807) is 17.1 Å². The normalized spacial score (nSPS) is 14.9. The molecule has 0 saturated carbocycles. The van der Waals surface area contributed by atoms with Gasteiger partial charge in [0.2, 0.25) is 0 Å². The smallest absolute Gasteiger partial charge is 0.270 e. The zero-order chi connectivity index (χ0) is 15.7. The minimum absolute atomic E-state index is 0.115. The molecule has 2 aromatic heterocycles. The first-order valence-corrected chi connectivity index (χ1v) is 7.47. The van der Waals surface area contributed by atoms with Gasteiger partial charge in [-0.2, -0.15) is 5.10 Å². The molecule has 1 atom stereocenters. The highest BCUT2D eigenvalue weighted by atomic mass is 16.5. The van der Waals surface area contributed by atoms with E-state index < -0.39 is 0 Å². The molecule has 6 nitrogen and oxygen atoms in total. The predicted molar refractivity (Wildman–Crippen MR) is 81.9 cm³/mol. The molecule has 6 heteroatoms. The standard InChI is InChI=1S/C16H20N4O2/c1-10(13-8-18-20(3)11(13)2)19-16(21)14-7-12-5-4-6-22-15(12)9-17-14/h7-10H,4-6H2,1-3H3,(H,19,21). The van der Waals surface area contributed by atoms with Crippen LogP contribution in [0.25, 0.3) is 0 Å². The fraction of sp³-hybridized carbons (Fsp3) is 0.438. The Morgan fingerprint density at radius 1 is 1.45 bits per heavy atom.